The fourth-order valence-electron chi connectivity index (χ4n) is 2.40. The Balaban J connectivity index is 1.65. The zero-order valence-corrected chi connectivity index (χ0v) is 10.2. The van der Waals surface area contributed by atoms with Crippen molar-refractivity contribution in [3.05, 3.63) is 54.1 Å². The zero-order valence-electron chi connectivity index (χ0n) is 10.2. The molecule has 18 heavy (non-hydrogen) atoms. The summed E-state index contributed by atoms with van der Waals surface area (Å²) in [7, 11) is 0. The van der Waals surface area contributed by atoms with Crippen LogP contribution in [0.4, 0.5) is 0 Å². The molecule has 0 saturated carbocycles. The van der Waals surface area contributed by atoms with Gasteiger partial charge in [0.2, 0.25) is 0 Å². The fraction of sp³-hybridized carbons (Fsp3) is 0.357. The number of fused-ring (bicyclic) bond motifs is 1. The first-order valence-electron chi connectivity index (χ1n) is 6.28. The number of aliphatic hydroxyl groups excluding tert-OH is 1. The van der Waals surface area contributed by atoms with Crippen LogP contribution in [0.15, 0.2) is 42.7 Å². The SMILES string of the molecule is OC(CN1CCn2ccnc2C1)c1ccccc1. The number of aliphatic hydroxyl groups is 1. The smallest absolute Gasteiger partial charge is 0.122 e. The molecule has 1 unspecified atom stereocenters. The highest BCUT2D eigenvalue weighted by Gasteiger charge is 2.19. The topological polar surface area (TPSA) is 41.3 Å². The third-order valence-electron chi connectivity index (χ3n) is 3.44. The van der Waals surface area contributed by atoms with Crippen molar-refractivity contribution in [1.82, 2.24) is 14.5 Å². The van der Waals surface area contributed by atoms with Gasteiger partial charge in [-0.1, -0.05) is 30.3 Å². The van der Waals surface area contributed by atoms with Crippen molar-refractivity contribution in [2.75, 3.05) is 13.1 Å². The molecule has 2 aromatic rings. The van der Waals surface area contributed by atoms with E-state index in [1.807, 2.05) is 42.7 Å². The van der Waals surface area contributed by atoms with Gasteiger partial charge in [-0.25, -0.2) is 4.98 Å². The lowest BCUT2D eigenvalue weighted by Crippen LogP contribution is -2.36. The Hall–Kier alpha value is -1.65. The van der Waals surface area contributed by atoms with Crippen LogP contribution in [-0.2, 0) is 13.1 Å². The monoisotopic (exact) mass is 243 g/mol. The number of nitrogens with zero attached hydrogens (tertiary/aromatic N) is 3. The summed E-state index contributed by atoms with van der Waals surface area (Å²) < 4.78 is 2.17. The van der Waals surface area contributed by atoms with E-state index in [9.17, 15) is 5.11 Å². The second-order valence-electron chi connectivity index (χ2n) is 4.70. The van der Waals surface area contributed by atoms with Gasteiger partial charge in [-0.3, -0.25) is 4.90 Å². The highest BCUT2D eigenvalue weighted by Crippen LogP contribution is 2.17. The van der Waals surface area contributed by atoms with Crippen LogP contribution in [0.2, 0.25) is 0 Å². The molecule has 0 spiro atoms. The molecule has 0 saturated heterocycles. The third kappa shape index (κ3) is 2.30. The summed E-state index contributed by atoms with van der Waals surface area (Å²) in [4.78, 5) is 6.58. The standard InChI is InChI=1S/C14H17N3O/c18-13(12-4-2-1-3-5-12)10-16-8-9-17-7-6-15-14(17)11-16/h1-7,13,18H,8-11H2. The maximum Gasteiger partial charge on any atom is 0.122 e. The molecule has 1 atom stereocenters. The van der Waals surface area contributed by atoms with Gasteiger partial charge in [0.15, 0.2) is 0 Å². The van der Waals surface area contributed by atoms with Crippen molar-refractivity contribution >= 4 is 0 Å². The molecular formula is C14H17N3O. The molecule has 1 aromatic heterocycles. The van der Waals surface area contributed by atoms with Gasteiger partial charge in [0, 0.05) is 32.0 Å². The fourth-order valence-corrected chi connectivity index (χ4v) is 2.40. The van der Waals surface area contributed by atoms with Gasteiger partial charge in [-0.05, 0) is 5.56 Å². The van der Waals surface area contributed by atoms with Crippen molar-refractivity contribution in [2.45, 2.75) is 19.2 Å². The average molecular weight is 243 g/mol. The Labute approximate surface area is 107 Å². The van der Waals surface area contributed by atoms with Crippen molar-refractivity contribution < 1.29 is 5.11 Å². The van der Waals surface area contributed by atoms with Gasteiger partial charge < -0.3 is 9.67 Å². The van der Waals surface area contributed by atoms with Gasteiger partial charge >= 0.3 is 0 Å². The Morgan fingerprint density at radius 3 is 2.89 bits per heavy atom. The normalized spacial score (nSPS) is 17.4. The van der Waals surface area contributed by atoms with Crippen molar-refractivity contribution in [3.8, 4) is 0 Å². The maximum absolute atomic E-state index is 10.2. The molecule has 0 aliphatic carbocycles. The molecule has 4 nitrogen and oxygen atoms in total. The molecule has 3 rings (SSSR count). The van der Waals surface area contributed by atoms with Crippen LogP contribution in [0, 0.1) is 0 Å². The molecule has 1 aliphatic heterocycles. The summed E-state index contributed by atoms with van der Waals surface area (Å²) in [5, 5.41) is 10.2. The summed E-state index contributed by atoms with van der Waals surface area (Å²) >= 11 is 0. The van der Waals surface area contributed by atoms with Crippen molar-refractivity contribution in [1.29, 1.82) is 0 Å². The van der Waals surface area contributed by atoms with E-state index in [0.29, 0.717) is 6.54 Å². The Bertz CT molecular complexity index is 509. The van der Waals surface area contributed by atoms with Crippen LogP contribution in [0.25, 0.3) is 0 Å². The number of rotatable bonds is 3. The van der Waals surface area contributed by atoms with Crippen LogP contribution in [0.5, 0.6) is 0 Å². The van der Waals surface area contributed by atoms with Crippen LogP contribution in [0.3, 0.4) is 0 Å². The van der Waals surface area contributed by atoms with Gasteiger partial charge in [0.1, 0.15) is 5.82 Å². The first kappa shape index (κ1) is 11.4. The van der Waals surface area contributed by atoms with E-state index in [1.54, 1.807) is 0 Å². The number of benzene rings is 1. The summed E-state index contributed by atoms with van der Waals surface area (Å²) in [6.45, 7) is 3.40. The minimum Gasteiger partial charge on any atom is -0.387 e. The van der Waals surface area contributed by atoms with E-state index in [-0.39, 0.29) is 0 Å². The molecule has 1 aromatic carbocycles. The third-order valence-corrected chi connectivity index (χ3v) is 3.44. The first-order valence-corrected chi connectivity index (χ1v) is 6.28. The van der Waals surface area contributed by atoms with Gasteiger partial charge in [0.25, 0.3) is 0 Å². The van der Waals surface area contributed by atoms with E-state index in [0.717, 1.165) is 31.0 Å². The van der Waals surface area contributed by atoms with Gasteiger partial charge in [-0.2, -0.15) is 0 Å². The van der Waals surface area contributed by atoms with E-state index >= 15 is 0 Å². The van der Waals surface area contributed by atoms with E-state index in [2.05, 4.69) is 14.5 Å². The molecule has 0 fully saturated rings. The lowest BCUT2D eigenvalue weighted by Gasteiger charge is -2.29. The van der Waals surface area contributed by atoms with Crippen LogP contribution < -0.4 is 0 Å². The molecule has 94 valence electrons. The molecule has 2 heterocycles. The van der Waals surface area contributed by atoms with Gasteiger partial charge in [-0.15, -0.1) is 0 Å². The van der Waals surface area contributed by atoms with E-state index in [1.165, 1.54) is 0 Å². The van der Waals surface area contributed by atoms with E-state index < -0.39 is 6.10 Å². The number of hydrogen-bond donors (Lipinski definition) is 1. The highest BCUT2D eigenvalue weighted by atomic mass is 16.3. The summed E-state index contributed by atoms with van der Waals surface area (Å²) in [6, 6.07) is 9.82. The van der Waals surface area contributed by atoms with Crippen LogP contribution in [0.1, 0.15) is 17.5 Å². The molecule has 0 amide bonds. The van der Waals surface area contributed by atoms with Crippen LogP contribution >= 0.6 is 0 Å². The lowest BCUT2D eigenvalue weighted by molar-refractivity contribution is 0.0963. The predicted octanol–water partition coefficient (Wildman–Crippen LogP) is 1.43. The number of hydrogen-bond acceptors (Lipinski definition) is 3. The quantitative estimate of drug-likeness (QED) is 0.886. The van der Waals surface area contributed by atoms with Crippen LogP contribution in [-0.4, -0.2) is 32.6 Å². The van der Waals surface area contributed by atoms with E-state index in [4.69, 9.17) is 0 Å². The van der Waals surface area contributed by atoms with Gasteiger partial charge in [0.05, 0.1) is 12.6 Å². The molecule has 1 N–H and O–H groups in total. The Morgan fingerprint density at radius 2 is 2.06 bits per heavy atom. The largest absolute Gasteiger partial charge is 0.387 e. The number of β-amino-alcohol motifs (C(OH)–C–C–N with tert-alkyl or cyclic N) is 1. The Kier molecular flexibility index (Phi) is 3.13. The molecular weight excluding hydrogens is 226 g/mol. The maximum atomic E-state index is 10.2. The number of imidazole rings is 1. The molecule has 1 aliphatic rings. The summed E-state index contributed by atoms with van der Waals surface area (Å²) in [5.41, 5.74) is 0.978. The second kappa shape index (κ2) is 4.92. The molecule has 4 heteroatoms. The molecule has 0 radical (unpaired) electrons. The zero-order chi connectivity index (χ0) is 12.4. The average Bonchev–Trinajstić information content (AvgIpc) is 2.87. The number of aromatic nitrogens is 2. The second-order valence-corrected chi connectivity index (χ2v) is 4.70. The van der Waals surface area contributed by atoms with Crippen molar-refractivity contribution in [3.63, 3.8) is 0 Å². The highest BCUT2D eigenvalue weighted by molar-refractivity contribution is 5.17. The summed E-state index contributed by atoms with van der Waals surface area (Å²) in [5.74, 6) is 1.08. The summed E-state index contributed by atoms with van der Waals surface area (Å²) in [6.07, 6.45) is 3.43. The Morgan fingerprint density at radius 1 is 1.22 bits per heavy atom. The minimum atomic E-state index is -0.423. The predicted molar refractivity (Wildman–Crippen MR) is 68.9 cm³/mol. The molecule has 0 bridgehead atoms. The first-order chi connectivity index (χ1) is 8.83. The lowest BCUT2D eigenvalue weighted by atomic mass is 10.1. The minimum absolute atomic E-state index is 0.423. The van der Waals surface area contributed by atoms with Crippen molar-refractivity contribution in [2.24, 2.45) is 0 Å².